The number of nitrogens with one attached hydrogen (secondary N) is 1. The van der Waals surface area contributed by atoms with Gasteiger partial charge < -0.3 is 10.4 Å². The van der Waals surface area contributed by atoms with Crippen molar-refractivity contribution < 1.29 is 9.90 Å². The first-order valence-electron chi connectivity index (χ1n) is 5.07. The molecule has 3 nitrogen and oxygen atoms in total. The Morgan fingerprint density at radius 2 is 2.00 bits per heavy atom. The third-order valence-corrected chi connectivity index (χ3v) is 3.19. The highest BCUT2D eigenvalue weighted by molar-refractivity contribution is 5.71. The van der Waals surface area contributed by atoms with Crippen molar-refractivity contribution in [3.63, 3.8) is 0 Å². The molecule has 0 saturated heterocycles. The van der Waals surface area contributed by atoms with Crippen molar-refractivity contribution in [2.24, 2.45) is 11.8 Å². The summed E-state index contributed by atoms with van der Waals surface area (Å²) in [6.45, 7) is 1.96. The van der Waals surface area contributed by atoms with E-state index in [1.807, 2.05) is 14.0 Å². The lowest BCUT2D eigenvalue weighted by Crippen LogP contribution is -2.39. The van der Waals surface area contributed by atoms with Crippen molar-refractivity contribution in [3.05, 3.63) is 0 Å². The first-order valence-corrected chi connectivity index (χ1v) is 5.07. The number of hydrogen-bond donors (Lipinski definition) is 2. The minimum atomic E-state index is -0.645. The molecule has 0 aromatic carbocycles. The average molecular weight is 185 g/mol. The van der Waals surface area contributed by atoms with E-state index in [0.717, 1.165) is 12.8 Å². The zero-order valence-electron chi connectivity index (χ0n) is 8.42. The molecule has 0 amide bonds. The van der Waals surface area contributed by atoms with Gasteiger partial charge in [-0.3, -0.25) is 4.79 Å². The maximum absolute atomic E-state index is 11.0. The quantitative estimate of drug-likeness (QED) is 0.697. The molecule has 2 unspecified atom stereocenters. The molecule has 0 aromatic heterocycles. The normalized spacial score (nSPS) is 22.9. The predicted molar refractivity (Wildman–Crippen MR) is 51.6 cm³/mol. The Kier molecular flexibility index (Phi) is 3.72. The Hall–Kier alpha value is -0.570. The largest absolute Gasteiger partial charge is 0.481 e. The summed E-state index contributed by atoms with van der Waals surface area (Å²) in [5.41, 5.74) is 0. The van der Waals surface area contributed by atoms with E-state index >= 15 is 0 Å². The maximum Gasteiger partial charge on any atom is 0.308 e. The van der Waals surface area contributed by atoms with Gasteiger partial charge in [-0.15, -0.1) is 0 Å². The van der Waals surface area contributed by atoms with E-state index in [1.54, 1.807) is 0 Å². The molecule has 1 aliphatic carbocycles. The van der Waals surface area contributed by atoms with Crippen LogP contribution < -0.4 is 5.32 Å². The van der Waals surface area contributed by atoms with Gasteiger partial charge in [0.15, 0.2) is 0 Å². The molecule has 2 N–H and O–H groups in total. The van der Waals surface area contributed by atoms with Crippen molar-refractivity contribution in [3.8, 4) is 0 Å². The smallest absolute Gasteiger partial charge is 0.308 e. The number of carboxylic acids is 1. The fraction of sp³-hybridized carbons (Fsp3) is 0.900. The van der Waals surface area contributed by atoms with Crippen LogP contribution in [0.15, 0.2) is 0 Å². The molecular weight excluding hydrogens is 166 g/mol. The van der Waals surface area contributed by atoms with Crippen LogP contribution in [-0.2, 0) is 4.79 Å². The maximum atomic E-state index is 11.0. The molecule has 0 heterocycles. The minimum absolute atomic E-state index is 0.0839. The lowest BCUT2D eigenvalue weighted by molar-refractivity contribution is -0.144. The summed E-state index contributed by atoms with van der Waals surface area (Å²) in [5.74, 6) is -0.457. The van der Waals surface area contributed by atoms with Gasteiger partial charge in [0.1, 0.15) is 0 Å². The molecule has 13 heavy (non-hydrogen) atoms. The second kappa shape index (κ2) is 4.61. The Bertz CT molecular complexity index is 176. The summed E-state index contributed by atoms with van der Waals surface area (Å²) in [4.78, 5) is 11.0. The molecule has 1 fully saturated rings. The highest BCUT2D eigenvalue weighted by Crippen LogP contribution is 2.33. The molecule has 3 heteroatoms. The summed E-state index contributed by atoms with van der Waals surface area (Å²) in [6.07, 6.45) is 4.57. The van der Waals surface area contributed by atoms with E-state index in [0.29, 0.717) is 5.92 Å². The van der Waals surface area contributed by atoms with Gasteiger partial charge in [0, 0.05) is 6.04 Å². The van der Waals surface area contributed by atoms with Gasteiger partial charge in [0.2, 0.25) is 0 Å². The standard InChI is InChI=1S/C10H19NO2/c1-7(11-2)9(10(12)13)8-5-3-4-6-8/h7-9,11H,3-6H2,1-2H3,(H,12,13). The predicted octanol–water partition coefficient (Wildman–Crippen LogP) is 1.49. The number of carbonyl (C=O) groups is 1. The van der Waals surface area contributed by atoms with Gasteiger partial charge in [0.25, 0.3) is 0 Å². The molecule has 76 valence electrons. The summed E-state index contributed by atoms with van der Waals surface area (Å²) in [7, 11) is 1.83. The van der Waals surface area contributed by atoms with Crippen LogP contribution in [0.25, 0.3) is 0 Å². The van der Waals surface area contributed by atoms with Crippen LogP contribution in [0.4, 0.5) is 0 Å². The van der Waals surface area contributed by atoms with Gasteiger partial charge in [-0.05, 0) is 32.7 Å². The monoisotopic (exact) mass is 185 g/mol. The SMILES string of the molecule is CNC(C)C(C(=O)O)C1CCCC1. The number of rotatable bonds is 4. The highest BCUT2D eigenvalue weighted by Gasteiger charge is 2.33. The second-order valence-electron chi connectivity index (χ2n) is 3.99. The average Bonchev–Trinajstić information content (AvgIpc) is 2.56. The van der Waals surface area contributed by atoms with Crippen LogP contribution in [0.2, 0.25) is 0 Å². The van der Waals surface area contributed by atoms with Gasteiger partial charge in [0.05, 0.1) is 5.92 Å². The summed E-state index contributed by atoms with van der Waals surface area (Å²) in [6, 6.07) is 0.0839. The molecule has 1 aliphatic rings. The number of carboxylic acid groups (broad SMARTS) is 1. The van der Waals surface area contributed by atoms with Crippen LogP contribution in [0.1, 0.15) is 32.6 Å². The molecule has 1 saturated carbocycles. The van der Waals surface area contributed by atoms with Gasteiger partial charge >= 0.3 is 5.97 Å². The fourth-order valence-electron chi connectivity index (χ4n) is 2.32. The number of aliphatic carboxylic acids is 1. The van der Waals surface area contributed by atoms with Crippen molar-refractivity contribution in [2.75, 3.05) is 7.05 Å². The topological polar surface area (TPSA) is 49.3 Å². The van der Waals surface area contributed by atoms with E-state index in [-0.39, 0.29) is 12.0 Å². The van der Waals surface area contributed by atoms with Crippen LogP contribution in [0.5, 0.6) is 0 Å². The highest BCUT2D eigenvalue weighted by atomic mass is 16.4. The van der Waals surface area contributed by atoms with Gasteiger partial charge in [-0.1, -0.05) is 12.8 Å². The van der Waals surface area contributed by atoms with E-state index in [1.165, 1.54) is 12.8 Å². The molecule has 0 bridgehead atoms. The zero-order valence-corrected chi connectivity index (χ0v) is 8.42. The lowest BCUT2D eigenvalue weighted by atomic mass is 9.85. The molecule has 2 atom stereocenters. The summed E-state index contributed by atoms with van der Waals surface area (Å²) >= 11 is 0. The van der Waals surface area contributed by atoms with E-state index in [4.69, 9.17) is 5.11 Å². The van der Waals surface area contributed by atoms with Crippen LogP contribution >= 0.6 is 0 Å². The zero-order chi connectivity index (χ0) is 9.84. The van der Waals surface area contributed by atoms with Gasteiger partial charge in [-0.2, -0.15) is 0 Å². The summed E-state index contributed by atoms with van der Waals surface area (Å²) < 4.78 is 0. The molecule has 1 rings (SSSR count). The Balaban J connectivity index is 2.60. The number of hydrogen-bond acceptors (Lipinski definition) is 2. The second-order valence-corrected chi connectivity index (χ2v) is 3.99. The molecule has 0 spiro atoms. The Morgan fingerprint density at radius 1 is 1.46 bits per heavy atom. The Labute approximate surface area is 79.5 Å². The van der Waals surface area contributed by atoms with E-state index < -0.39 is 5.97 Å². The van der Waals surface area contributed by atoms with Crippen molar-refractivity contribution in [2.45, 2.75) is 38.6 Å². The van der Waals surface area contributed by atoms with Crippen molar-refractivity contribution in [1.82, 2.24) is 5.32 Å². The van der Waals surface area contributed by atoms with Crippen LogP contribution in [0.3, 0.4) is 0 Å². The van der Waals surface area contributed by atoms with Crippen LogP contribution in [-0.4, -0.2) is 24.2 Å². The third-order valence-electron chi connectivity index (χ3n) is 3.19. The van der Waals surface area contributed by atoms with E-state index in [9.17, 15) is 4.79 Å². The molecule has 0 aliphatic heterocycles. The Morgan fingerprint density at radius 3 is 2.38 bits per heavy atom. The molecule has 0 radical (unpaired) electrons. The minimum Gasteiger partial charge on any atom is -0.481 e. The summed E-state index contributed by atoms with van der Waals surface area (Å²) in [5, 5.41) is 12.1. The van der Waals surface area contributed by atoms with Crippen molar-refractivity contribution in [1.29, 1.82) is 0 Å². The molecular formula is C10H19NO2. The van der Waals surface area contributed by atoms with Crippen molar-refractivity contribution >= 4 is 5.97 Å². The third kappa shape index (κ3) is 2.44. The van der Waals surface area contributed by atoms with Gasteiger partial charge in [-0.25, -0.2) is 0 Å². The fourth-order valence-corrected chi connectivity index (χ4v) is 2.32. The lowest BCUT2D eigenvalue weighted by Gasteiger charge is -2.25. The molecule has 0 aromatic rings. The van der Waals surface area contributed by atoms with Crippen LogP contribution in [0, 0.1) is 11.8 Å². The van der Waals surface area contributed by atoms with E-state index in [2.05, 4.69) is 5.32 Å². The first-order chi connectivity index (χ1) is 6.16. The first kappa shape index (κ1) is 10.5.